The average Bonchev–Trinajstić information content (AvgIpc) is 2.96. The van der Waals surface area contributed by atoms with Crippen molar-refractivity contribution in [3.63, 3.8) is 0 Å². The summed E-state index contributed by atoms with van der Waals surface area (Å²) < 4.78 is 1.50. The lowest BCUT2D eigenvalue weighted by Gasteiger charge is -2.29. The van der Waals surface area contributed by atoms with Gasteiger partial charge in [-0.05, 0) is 31.0 Å². The van der Waals surface area contributed by atoms with E-state index in [1.165, 1.54) is 4.68 Å². The molecule has 0 saturated carbocycles. The molecule has 0 aliphatic heterocycles. The molecule has 0 spiro atoms. The van der Waals surface area contributed by atoms with Gasteiger partial charge in [0.25, 0.3) is 5.91 Å². The normalized spacial score (nSPS) is 12.2. The summed E-state index contributed by atoms with van der Waals surface area (Å²) in [5.41, 5.74) is 2.51. The van der Waals surface area contributed by atoms with Gasteiger partial charge in [-0.15, -0.1) is 0 Å². The number of fused-ring (bicyclic) bond motifs is 1. The van der Waals surface area contributed by atoms with Crippen LogP contribution in [-0.4, -0.2) is 22.0 Å². The van der Waals surface area contributed by atoms with Gasteiger partial charge >= 0.3 is 0 Å². The Bertz CT molecular complexity index is 838. The van der Waals surface area contributed by atoms with Gasteiger partial charge in [0.05, 0.1) is 11.6 Å². The molecule has 3 aromatic rings. The van der Waals surface area contributed by atoms with E-state index in [1.54, 1.807) is 0 Å². The molecule has 0 bridgehead atoms. The van der Waals surface area contributed by atoms with Gasteiger partial charge in [-0.25, -0.2) is 0 Å². The van der Waals surface area contributed by atoms with Crippen molar-refractivity contribution in [1.82, 2.24) is 9.58 Å². The first-order valence-electron chi connectivity index (χ1n) is 8.35. The molecule has 0 saturated heterocycles. The number of hydrogen-bond acceptors (Lipinski definition) is 2. The Kier molecular flexibility index (Phi) is 4.56. The molecular formula is C20H23N3O. The van der Waals surface area contributed by atoms with E-state index in [-0.39, 0.29) is 11.9 Å². The van der Waals surface area contributed by atoms with Gasteiger partial charge in [-0.2, -0.15) is 0 Å². The number of nitrogen functional groups attached to an aromatic ring is 1. The van der Waals surface area contributed by atoms with Crippen molar-refractivity contribution in [2.75, 3.05) is 12.4 Å². The molecule has 1 aromatic heterocycles. The van der Waals surface area contributed by atoms with E-state index in [0.717, 1.165) is 22.9 Å². The number of nitrogens with zero attached hydrogens (tertiary/aromatic N) is 2. The van der Waals surface area contributed by atoms with Crippen LogP contribution in [0.4, 0.5) is 0 Å². The summed E-state index contributed by atoms with van der Waals surface area (Å²) in [6.07, 6.45) is 0.897. The zero-order valence-corrected chi connectivity index (χ0v) is 14.1. The Hall–Kier alpha value is -2.75. The molecule has 2 N–H and O–H groups in total. The molecule has 24 heavy (non-hydrogen) atoms. The van der Waals surface area contributed by atoms with Crippen LogP contribution in [0.3, 0.4) is 0 Å². The summed E-state index contributed by atoms with van der Waals surface area (Å²) in [5.74, 6) is 6.15. The topological polar surface area (TPSA) is 51.3 Å². The van der Waals surface area contributed by atoms with Crippen LogP contribution in [0.15, 0.2) is 60.7 Å². The third kappa shape index (κ3) is 2.87. The van der Waals surface area contributed by atoms with Gasteiger partial charge in [0.2, 0.25) is 0 Å². The summed E-state index contributed by atoms with van der Waals surface area (Å²) in [6.45, 7) is 4.83. The molecule has 1 atom stereocenters. The number of benzene rings is 2. The molecule has 0 radical (unpaired) electrons. The highest BCUT2D eigenvalue weighted by molar-refractivity contribution is 5.99. The first kappa shape index (κ1) is 16.1. The van der Waals surface area contributed by atoms with Crippen molar-refractivity contribution in [3.8, 4) is 0 Å². The van der Waals surface area contributed by atoms with Crippen molar-refractivity contribution in [3.05, 3.63) is 71.9 Å². The summed E-state index contributed by atoms with van der Waals surface area (Å²) in [7, 11) is 0. The highest BCUT2D eigenvalue weighted by Crippen LogP contribution is 2.25. The van der Waals surface area contributed by atoms with E-state index in [1.807, 2.05) is 53.4 Å². The van der Waals surface area contributed by atoms with E-state index < -0.39 is 0 Å². The average molecular weight is 321 g/mol. The Balaban J connectivity index is 1.98. The summed E-state index contributed by atoms with van der Waals surface area (Å²) >= 11 is 0. The second-order valence-corrected chi connectivity index (χ2v) is 6.04. The largest absolute Gasteiger partial charge is 0.338 e. The zero-order valence-electron chi connectivity index (χ0n) is 14.1. The van der Waals surface area contributed by atoms with Gasteiger partial charge in [0.15, 0.2) is 0 Å². The number of carbonyl (C=O) groups excluding carboxylic acids is 1. The third-order valence-corrected chi connectivity index (χ3v) is 4.44. The smallest absolute Gasteiger partial charge is 0.272 e. The quantitative estimate of drug-likeness (QED) is 0.723. The van der Waals surface area contributed by atoms with Crippen molar-refractivity contribution >= 4 is 16.8 Å². The van der Waals surface area contributed by atoms with Gasteiger partial charge in [-0.3, -0.25) is 9.47 Å². The number of amides is 1. The van der Waals surface area contributed by atoms with Crippen molar-refractivity contribution in [1.29, 1.82) is 0 Å². The van der Waals surface area contributed by atoms with Crippen LogP contribution in [-0.2, 0) is 0 Å². The van der Waals surface area contributed by atoms with Crippen LogP contribution < -0.4 is 5.84 Å². The highest BCUT2D eigenvalue weighted by atomic mass is 16.2. The fraction of sp³-hybridized carbons (Fsp3) is 0.250. The number of carbonyl (C=O) groups is 1. The van der Waals surface area contributed by atoms with Crippen LogP contribution in [0.1, 0.15) is 42.4 Å². The molecule has 124 valence electrons. The van der Waals surface area contributed by atoms with E-state index in [4.69, 9.17) is 5.84 Å². The maximum absolute atomic E-state index is 13.2. The number of hydrogen-bond donors (Lipinski definition) is 1. The lowest BCUT2D eigenvalue weighted by molar-refractivity contribution is 0.0682. The molecule has 0 unspecified atom stereocenters. The van der Waals surface area contributed by atoms with Crippen molar-refractivity contribution in [2.45, 2.75) is 26.3 Å². The maximum atomic E-state index is 13.2. The van der Waals surface area contributed by atoms with Crippen LogP contribution in [0, 0.1) is 0 Å². The van der Waals surface area contributed by atoms with E-state index in [2.05, 4.69) is 26.0 Å². The van der Waals surface area contributed by atoms with Gasteiger partial charge < -0.3 is 10.7 Å². The highest BCUT2D eigenvalue weighted by Gasteiger charge is 2.25. The fourth-order valence-corrected chi connectivity index (χ4v) is 3.11. The Morgan fingerprint density at radius 1 is 1.12 bits per heavy atom. The number of aromatic nitrogens is 1. The molecule has 0 aliphatic rings. The molecule has 0 fully saturated rings. The molecule has 2 aromatic carbocycles. The first-order valence-corrected chi connectivity index (χ1v) is 8.35. The standard InChI is InChI=1S/C20H23N3O/c1-3-13-22(15(2)16-9-5-4-6-10-16)20(24)19-14-17-11-7-8-12-18(17)23(19)21/h4-12,14-15H,3,13,21H2,1-2H3/t15-/m1/s1. The second kappa shape index (κ2) is 6.79. The predicted octanol–water partition coefficient (Wildman–Crippen LogP) is 3.97. The van der Waals surface area contributed by atoms with Gasteiger partial charge in [0, 0.05) is 11.9 Å². The molecule has 4 heteroatoms. The van der Waals surface area contributed by atoms with Crippen LogP contribution >= 0.6 is 0 Å². The summed E-state index contributed by atoms with van der Waals surface area (Å²) in [4.78, 5) is 15.1. The maximum Gasteiger partial charge on any atom is 0.272 e. The lowest BCUT2D eigenvalue weighted by atomic mass is 10.1. The summed E-state index contributed by atoms with van der Waals surface area (Å²) in [5, 5.41) is 0.979. The van der Waals surface area contributed by atoms with Crippen LogP contribution in [0.25, 0.3) is 10.9 Å². The minimum Gasteiger partial charge on any atom is -0.338 e. The molecule has 4 nitrogen and oxygen atoms in total. The van der Waals surface area contributed by atoms with Gasteiger partial charge in [-0.1, -0.05) is 55.5 Å². The van der Waals surface area contributed by atoms with E-state index in [9.17, 15) is 4.79 Å². The molecule has 3 rings (SSSR count). The van der Waals surface area contributed by atoms with E-state index >= 15 is 0 Å². The Morgan fingerprint density at radius 3 is 2.46 bits per heavy atom. The molecule has 1 heterocycles. The monoisotopic (exact) mass is 321 g/mol. The second-order valence-electron chi connectivity index (χ2n) is 6.04. The molecule has 0 aliphatic carbocycles. The van der Waals surface area contributed by atoms with Crippen LogP contribution in [0.2, 0.25) is 0 Å². The molecular weight excluding hydrogens is 298 g/mol. The number of rotatable bonds is 5. The zero-order chi connectivity index (χ0) is 17.1. The number of para-hydroxylation sites is 1. The first-order chi connectivity index (χ1) is 11.6. The third-order valence-electron chi connectivity index (χ3n) is 4.44. The Labute approximate surface area is 142 Å². The number of nitrogens with two attached hydrogens (primary N) is 1. The SMILES string of the molecule is CCCN(C(=O)c1cc2ccccc2n1N)[C@H](C)c1ccccc1. The Morgan fingerprint density at radius 2 is 1.79 bits per heavy atom. The predicted molar refractivity (Wildman–Crippen MR) is 98.3 cm³/mol. The van der Waals surface area contributed by atoms with Crippen molar-refractivity contribution < 1.29 is 4.79 Å². The minimum atomic E-state index is -0.0353. The van der Waals surface area contributed by atoms with Crippen LogP contribution in [0.5, 0.6) is 0 Å². The summed E-state index contributed by atoms with van der Waals surface area (Å²) in [6, 6.07) is 19.7. The molecule has 1 amide bonds. The lowest BCUT2D eigenvalue weighted by Crippen LogP contribution is -2.36. The van der Waals surface area contributed by atoms with E-state index in [0.29, 0.717) is 12.2 Å². The van der Waals surface area contributed by atoms with Gasteiger partial charge in [0.1, 0.15) is 5.69 Å². The fourth-order valence-electron chi connectivity index (χ4n) is 3.11. The minimum absolute atomic E-state index is 0.00309. The van der Waals surface area contributed by atoms with Crippen molar-refractivity contribution in [2.24, 2.45) is 0 Å².